The SMILES string of the molecule is CC.CC(C)c1oc(C(C)(C)O)nc1C(F)(F)F.CC(C)c1ocnc1C(F)(F)F. The van der Waals surface area contributed by atoms with E-state index in [2.05, 4.69) is 14.4 Å². The molecule has 0 radical (unpaired) electrons. The summed E-state index contributed by atoms with van der Waals surface area (Å²) in [6.45, 7) is 13.0. The fourth-order valence-electron chi connectivity index (χ4n) is 2.07. The van der Waals surface area contributed by atoms with Gasteiger partial charge in [-0.05, 0) is 13.8 Å². The molecule has 0 aliphatic heterocycles. The Kier molecular flexibility index (Phi) is 9.62. The maximum atomic E-state index is 12.6. The molecule has 2 heterocycles. The van der Waals surface area contributed by atoms with Crippen LogP contribution in [0.2, 0.25) is 0 Å². The molecule has 0 amide bonds. The maximum absolute atomic E-state index is 12.6. The topological polar surface area (TPSA) is 72.3 Å². The van der Waals surface area contributed by atoms with Gasteiger partial charge in [0.25, 0.3) is 0 Å². The third kappa shape index (κ3) is 7.66. The van der Waals surface area contributed by atoms with Crippen LogP contribution in [0, 0.1) is 0 Å². The summed E-state index contributed by atoms with van der Waals surface area (Å²) in [5.74, 6) is -1.42. The van der Waals surface area contributed by atoms with E-state index in [1.165, 1.54) is 13.8 Å². The molecule has 11 heteroatoms. The molecule has 1 N–H and O–H groups in total. The van der Waals surface area contributed by atoms with Gasteiger partial charge in [0, 0.05) is 11.8 Å². The standard InChI is InChI=1S/C10H14F3NO2.C7H8F3NO.C2H6/c1-5(2)6-7(10(11,12)13)14-8(16-6)9(3,4)15;1-4(2)5-6(7(8,9)10)11-3-12-5;1-2/h5,15H,1-4H3;3-4H,1-2H3;1-2H3. The van der Waals surface area contributed by atoms with Crippen LogP contribution >= 0.6 is 0 Å². The maximum Gasteiger partial charge on any atom is 0.436 e. The van der Waals surface area contributed by atoms with Crippen LogP contribution in [0.4, 0.5) is 26.3 Å². The number of nitrogens with zero attached hydrogens (tertiary/aromatic N) is 2. The molecule has 0 spiro atoms. The molecule has 2 rings (SSSR count). The van der Waals surface area contributed by atoms with Crippen LogP contribution < -0.4 is 0 Å². The molecule has 0 aromatic carbocycles. The molecule has 174 valence electrons. The minimum absolute atomic E-state index is 0.109. The van der Waals surface area contributed by atoms with Crippen molar-refractivity contribution in [2.45, 2.75) is 85.2 Å². The number of halogens is 6. The Morgan fingerprint density at radius 3 is 1.53 bits per heavy atom. The first-order valence-electron chi connectivity index (χ1n) is 9.27. The zero-order valence-electron chi connectivity index (χ0n) is 18.2. The zero-order valence-corrected chi connectivity index (χ0v) is 18.2. The third-order valence-corrected chi connectivity index (χ3v) is 3.36. The van der Waals surface area contributed by atoms with Crippen molar-refractivity contribution in [1.82, 2.24) is 9.97 Å². The summed E-state index contributed by atoms with van der Waals surface area (Å²) in [6.07, 6.45) is -8.16. The molecule has 0 atom stereocenters. The van der Waals surface area contributed by atoms with E-state index in [4.69, 9.17) is 4.42 Å². The first kappa shape index (κ1) is 28.0. The molecule has 0 aliphatic carbocycles. The number of rotatable bonds is 3. The first-order chi connectivity index (χ1) is 13.5. The van der Waals surface area contributed by atoms with Crippen molar-refractivity contribution < 1.29 is 40.3 Å². The molecule has 2 aromatic heterocycles. The van der Waals surface area contributed by atoms with E-state index < -0.39 is 35.3 Å². The van der Waals surface area contributed by atoms with E-state index in [1.807, 2.05) is 13.8 Å². The van der Waals surface area contributed by atoms with Gasteiger partial charge in [0.1, 0.15) is 17.1 Å². The average Bonchev–Trinajstić information content (AvgIpc) is 3.23. The Morgan fingerprint density at radius 1 is 0.833 bits per heavy atom. The smallest absolute Gasteiger partial charge is 0.436 e. The van der Waals surface area contributed by atoms with Crippen LogP contribution in [0.15, 0.2) is 15.2 Å². The number of alkyl halides is 6. The van der Waals surface area contributed by atoms with Crippen LogP contribution in [-0.2, 0) is 18.0 Å². The third-order valence-electron chi connectivity index (χ3n) is 3.36. The highest BCUT2D eigenvalue weighted by Gasteiger charge is 2.41. The van der Waals surface area contributed by atoms with E-state index in [0.717, 1.165) is 6.39 Å². The van der Waals surface area contributed by atoms with E-state index >= 15 is 0 Å². The number of hydrogen-bond donors (Lipinski definition) is 1. The van der Waals surface area contributed by atoms with Crippen molar-refractivity contribution >= 4 is 0 Å². The summed E-state index contributed by atoms with van der Waals surface area (Å²) in [5.41, 5.74) is -3.50. The largest absolute Gasteiger partial charge is 0.448 e. The summed E-state index contributed by atoms with van der Waals surface area (Å²) < 4.78 is 83.8. The zero-order chi connectivity index (χ0) is 24.1. The molecular weight excluding hydrogens is 418 g/mol. The Balaban J connectivity index is 0.000000535. The normalized spacial score (nSPS) is 12.4. The molecule has 2 aromatic rings. The van der Waals surface area contributed by atoms with Gasteiger partial charge in [0.05, 0.1) is 0 Å². The Bertz CT molecular complexity index is 769. The van der Waals surface area contributed by atoms with Gasteiger partial charge in [0.2, 0.25) is 5.89 Å². The molecule has 0 bridgehead atoms. The van der Waals surface area contributed by atoms with Gasteiger partial charge in [0.15, 0.2) is 17.8 Å². The average molecular weight is 446 g/mol. The highest BCUT2D eigenvalue weighted by Crippen LogP contribution is 2.37. The minimum Gasteiger partial charge on any atom is -0.448 e. The highest BCUT2D eigenvalue weighted by atomic mass is 19.4. The number of oxazole rings is 2. The number of aliphatic hydroxyl groups is 1. The molecule has 0 unspecified atom stereocenters. The number of hydrogen-bond acceptors (Lipinski definition) is 5. The van der Waals surface area contributed by atoms with Crippen LogP contribution in [0.3, 0.4) is 0 Å². The van der Waals surface area contributed by atoms with Gasteiger partial charge in [-0.3, -0.25) is 0 Å². The minimum atomic E-state index is -4.56. The van der Waals surface area contributed by atoms with Crippen LogP contribution in [0.5, 0.6) is 0 Å². The van der Waals surface area contributed by atoms with Crippen molar-refractivity contribution in [3.05, 3.63) is 35.2 Å². The van der Waals surface area contributed by atoms with Gasteiger partial charge >= 0.3 is 12.4 Å². The Hall–Kier alpha value is -2.04. The lowest BCUT2D eigenvalue weighted by molar-refractivity contribution is -0.143. The quantitative estimate of drug-likeness (QED) is 0.520. The van der Waals surface area contributed by atoms with Crippen molar-refractivity contribution in [3.8, 4) is 0 Å². The summed E-state index contributed by atoms with van der Waals surface area (Å²) in [6, 6.07) is 0. The predicted molar refractivity (Wildman–Crippen MR) is 97.8 cm³/mol. The van der Waals surface area contributed by atoms with Gasteiger partial charge in [-0.25, -0.2) is 9.97 Å². The predicted octanol–water partition coefficient (Wildman–Crippen LogP) is 6.89. The lowest BCUT2D eigenvalue weighted by atomic mass is 10.1. The second kappa shape index (κ2) is 10.3. The van der Waals surface area contributed by atoms with E-state index in [1.54, 1.807) is 27.7 Å². The fourth-order valence-corrected chi connectivity index (χ4v) is 2.07. The Morgan fingerprint density at radius 2 is 1.27 bits per heavy atom. The molecule has 5 nitrogen and oxygen atoms in total. The summed E-state index contributed by atoms with van der Waals surface area (Å²) in [4.78, 5) is 6.45. The van der Waals surface area contributed by atoms with Crippen LogP contribution in [0.25, 0.3) is 0 Å². The molecule has 0 saturated heterocycles. The lowest BCUT2D eigenvalue weighted by Crippen LogP contribution is -2.16. The molecule has 0 saturated carbocycles. The van der Waals surface area contributed by atoms with Crippen molar-refractivity contribution in [3.63, 3.8) is 0 Å². The number of aromatic nitrogens is 2. The molecule has 0 aliphatic rings. The van der Waals surface area contributed by atoms with Gasteiger partial charge < -0.3 is 13.9 Å². The fraction of sp³-hybridized carbons (Fsp3) is 0.684. The van der Waals surface area contributed by atoms with Crippen molar-refractivity contribution in [2.75, 3.05) is 0 Å². The summed E-state index contributed by atoms with van der Waals surface area (Å²) in [5, 5.41) is 9.55. The van der Waals surface area contributed by atoms with Crippen LogP contribution in [-0.4, -0.2) is 15.1 Å². The van der Waals surface area contributed by atoms with Crippen LogP contribution in [0.1, 0.15) is 96.0 Å². The van der Waals surface area contributed by atoms with E-state index in [9.17, 15) is 31.4 Å². The second-order valence-electron chi connectivity index (χ2n) is 7.16. The molecule has 0 fully saturated rings. The van der Waals surface area contributed by atoms with Crippen molar-refractivity contribution in [1.29, 1.82) is 0 Å². The summed E-state index contributed by atoms with van der Waals surface area (Å²) >= 11 is 0. The van der Waals surface area contributed by atoms with E-state index in [-0.39, 0.29) is 23.3 Å². The van der Waals surface area contributed by atoms with Gasteiger partial charge in [-0.2, -0.15) is 26.3 Å². The lowest BCUT2D eigenvalue weighted by Gasteiger charge is -2.11. The summed E-state index contributed by atoms with van der Waals surface area (Å²) in [7, 11) is 0. The molecular formula is C19H28F6N2O3. The monoisotopic (exact) mass is 446 g/mol. The molecule has 30 heavy (non-hydrogen) atoms. The van der Waals surface area contributed by atoms with Crippen molar-refractivity contribution in [2.24, 2.45) is 0 Å². The van der Waals surface area contributed by atoms with Gasteiger partial charge in [-0.15, -0.1) is 0 Å². The van der Waals surface area contributed by atoms with Gasteiger partial charge in [-0.1, -0.05) is 41.5 Å². The first-order valence-corrected chi connectivity index (χ1v) is 9.27. The highest BCUT2D eigenvalue weighted by molar-refractivity contribution is 5.18. The second-order valence-corrected chi connectivity index (χ2v) is 7.16. The Labute approximate surface area is 171 Å². The van der Waals surface area contributed by atoms with E-state index in [0.29, 0.717) is 0 Å².